The Labute approximate surface area is 153 Å². The zero-order chi connectivity index (χ0) is 18.4. The Kier molecular flexibility index (Phi) is 6.77. The number of aliphatic carboxylic acids is 1. The summed E-state index contributed by atoms with van der Waals surface area (Å²) >= 11 is 0. The molecule has 3 rings (SSSR count). The van der Waals surface area contributed by atoms with Gasteiger partial charge >= 0.3 is 5.97 Å². The number of carboxylic acid groups (broad SMARTS) is 1. The Morgan fingerprint density at radius 2 is 2.04 bits per heavy atom. The van der Waals surface area contributed by atoms with Crippen molar-refractivity contribution in [2.75, 3.05) is 13.2 Å². The monoisotopic (exact) mass is 362 g/mol. The number of hydrogen-bond acceptors (Lipinski definition) is 5. The molecule has 1 saturated heterocycles. The topological polar surface area (TPSA) is 82.1 Å². The standard InChI is InChI=1S/C20H26O6/c21-17-11-18(26-20-8-4-5-9-25-20)16(15(17)10-19(22)23)13-24-12-14-6-2-1-3-7-14/h1-3,6-7,15-16,18,20H,4-5,8-13H2,(H,22,23)/t15-,16-,18-,20?/m0/s1. The smallest absolute Gasteiger partial charge is 0.304 e. The highest BCUT2D eigenvalue weighted by Crippen LogP contribution is 2.36. The minimum absolute atomic E-state index is 0.0541. The molecule has 26 heavy (non-hydrogen) atoms. The Balaban J connectivity index is 1.61. The van der Waals surface area contributed by atoms with Crippen LogP contribution >= 0.6 is 0 Å². The number of benzene rings is 1. The molecule has 0 radical (unpaired) electrons. The van der Waals surface area contributed by atoms with Crippen LogP contribution in [0.25, 0.3) is 0 Å². The van der Waals surface area contributed by atoms with Crippen molar-refractivity contribution in [2.45, 2.75) is 51.1 Å². The van der Waals surface area contributed by atoms with Crippen molar-refractivity contribution < 1.29 is 28.9 Å². The highest BCUT2D eigenvalue weighted by Gasteiger charge is 2.45. The number of carboxylic acids is 1. The molecular weight excluding hydrogens is 336 g/mol. The Morgan fingerprint density at radius 3 is 2.73 bits per heavy atom. The van der Waals surface area contributed by atoms with Gasteiger partial charge in [0, 0.05) is 24.9 Å². The maximum absolute atomic E-state index is 12.4. The minimum Gasteiger partial charge on any atom is -0.481 e. The lowest BCUT2D eigenvalue weighted by atomic mass is 9.92. The van der Waals surface area contributed by atoms with E-state index in [1.807, 2.05) is 30.3 Å². The molecule has 4 atom stereocenters. The first kappa shape index (κ1) is 19.0. The summed E-state index contributed by atoms with van der Waals surface area (Å²) in [6.07, 6.45) is 2.29. The second-order valence-electron chi connectivity index (χ2n) is 7.01. The first-order valence-corrected chi connectivity index (χ1v) is 9.26. The Morgan fingerprint density at radius 1 is 1.23 bits per heavy atom. The van der Waals surface area contributed by atoms with Gasteiger partial charge in [0.2, 0.25) is 0 Å². The van der Waals surface area contributed by atoms with Crippen LogP contribution in [0.1, 0.15) is 37.7 Å². The fourth-order valence-corrected chi connectivity index (χ4v) is 3.73. The van der Waals surface area contributed by atoms with Gasteiger partial charge in [-0.15, -0.1) is 0 Å². The molecule has 2 fully saturated rings. The minimum atomic E-state index is -0.967. The van der Waals surface area contributed by atoms with E-state index in [-0.39, 0.29) is 36.9 Å². The Bertz CT molecular complexity index is 596. The average molecular weight is 362 g/mol. The molecule has 6 nitrogen and oxygen atoms in total. The molecule has 1 saturated carbocycles. The van der Waals surface area contributed by atoms with Gasteiger partial charge in [0.25, 0.3) is 0 Å². The van der Waals surface area contributed by atoms with Gasteiger partial charge in [-0.05, 0) is 24.8 Å². The van der Waals surface area contributed by atoms with E-state index >= 15 is 0 Å². The molecule has 1 aromatic carbocycles. The van der Waals surface area contributed by atoms with Gasteiger partial charge in [-0.25, -0.2) is 0 Å². The normalized spacial score (nSPS) is 29.0. The maximum Gasteiger partial charge on any atom is 0.304 e. The van der Waals surface area contributed by atoms with Crippen LogP contribution in [0.3, 0.4) is 0 Å². The molecule has 1 aromatic rings. The van der Waals surface area contributed by atoms with Crippen LogP contribution in [-0.2, 0) is 30.4 Å². The van der Waals surface area contributed by atoms with Crippen LogP contribution in [0.4, 0.5) is 0 Å². The molecule has 1 aliphatic carbocycles. The van der Waals surface area contributed by atoms with Gasteiger partial charge in [-0.3, -0.25) is 9.59 Å². The largest absolute Gasteiger partial charge is 0.481 e. The van der Waals surface area contributed by atoms with Crippen molar-refractivity contribution in [3.63, 3.8) is 0 Å². The second-order valence-corrected chi connectivity index (χ2v) is 7.01. The summed E-state index contributed by atoms with van der Waals surface area (Å²) in [5.41, 5.74) is 1.04. The summed E-state index contributed by atoms with van der Waals surface area (Å²) in [7, 11) is 0. The molecule has 2 aliphatic rings. The predicted octanol–water partition coefficient (Wildman–Crippen LogP) is 2.79. The molecule has 0 bridgehead atoms. The zero-order valence-electron chi connectivity index (χ0n) is 14.8. The quantitative estimate of drug-likeness (QED) is 0.766. The molecule has 0 amide bonds. The van der Waals surface area contributed by atoms with Gasteiger partial charge in [-0.2, -0.15) is 0 Å². The zero-order valence-corrected chi connectivity index (χ0v) is 14.8. The van der Waals surface area contributed by atoms with E-state index in [1.54, 1.807) is 0 Å². The van der Waals surface area contributed by atoms with Crippen molar-refractivity contribution >= 4 is 11.8 Å². The second kappa shape index (κ2) is 9.26. The van der Waals surface area contributed by atoms with E-state index < -0.39 is 11.9 Å². The highest BCUT2D eigenvalue weighted by molar-refractivity contribution is 5.87. The first-order valence-electron chi connectivity index (χ1n) is 9.26. The maximum atomic E-state index is 12.4. The van der Waals surface area contributed by atoms with Crippen molar-refractivity contribution in [1.29, 1.82) is 0 Å². The molecule has 0 spiro atoms. The summed E-state index contributed by atoms with van der Waals surface area (Å²) < 4.78 is 17.5. The van der Waals surface area contributed by atoms with E-state index in [0.29, 0.717) is 19.8 Å². The number of ether oxygens (including phenoxy) is 3. The van der Waals surface area contributed by atoms with E-state index in [0.717, 1.165) is 24.8 Å². The molecule has 1 N–H and O–H groups in total. The van der Waals surface area contributed by atoms with Crippen molar-refractivity contribution in [3.8, 4) is 0 Å². The third-order valence-electron chi connectivity index (χ3n) is 5.09. The summed E-state index contributed by atoms with van der Waals surface area (Å²) in [5.74, 6) is -1.84. The molecule has 1 aliphatic heterocycles. The third-order valence-corrected chi connectivity index (χ3v) is 5.09. The Hall–Kier alpha value is -1.76. The van der Waals surface area contributed by atoms with Gasteiger partial charge in [0.15, 0.2) is 6.29 Å². The predicted molar refractivity (Wildman–Crippen MR) is 93.4 cm³/mol. The number of Topliss-reactive ketones (excluding diaryl/α,β-unsaturated/α-hetero) is 1. The molecule has 1 heterocycles. The molecule has 6 heteroatoms. The van der Waals surface area contributed by atoms with Gasteiger partial charge < -0.3 is 19.3 Å². The lowest BCUT2D eigenvalue weighted by molar-refractivity contribution is -0.199. The summed E-state index contributed by atoms with van der Waals surface area (Å²) in [5, 5.41) is 9.16. The van der Waals surface area contributed by atoms with Crippen LogP contribution in [0.2, 0.25) is 0 Å². The molecule has 142 valence electrons. The number of ketones is 1. The van der Waals surface area contributed by atoms with E-state index in [9.17, 15) is 9.59 Å². The van der Waals surface area contributed by atoms with Gasteiger partial charge in [-0.1, -0.05) is 30.3 Å². The lowest BCUT2D eigenvalue weighted by Crippen LogP contribution is -2.34. The lowest BCUT2D eigenvalue weighted by Gasteiger charge is -2.29. The number of rotatable bonds is 8. The molecule has 1 unspecified atom stereocenters. The summed E-state index contributed by atoms with van der Waals surface area (Å²) in [6.45, 7) is 1.40. The number of hydrogen-bond donors (Lipinski definition) is 1. The first-order chi connectivity index (χ1) is 12.6. The fourth-order valence-electron chi connectivity index (χ4n) is 3.73. The van der Waals surface area contributed by atoms with Crippen LogP contribution in [0.5, 0.6) is 0 Å². The van der Waals surface area contributed by atoms with Gasteiger partial charge in [0.05, 0.1) is 25.7 Å². The fraction of sp³-hybridized carbons (Fsp3) is 0.600. The SMILES string of the molecule is O=C(O)C[C@@H]1C(=O)C[C@H](OC2CCCCO2)[C@H]1COCc1ccccc1. The molecular formula is C20H26O6. The van der Waals surface area contributed by atoms with Crippen molar-refractivity contribution in [1.82, 2.24) is 0 Å². The highest BCUT2D eigenvalue weighted by atomic mass is 16.7. The number of carbonyl (C=O) groups excluding carboxylic acids is 1. The summed E-state index contributed by atoms with van der Waals surface area (Å²) in [6, 6.07) is 9.77. The number of carbonyl (C=O) groups is 2. The van der Waals surface area contributed by atoms with Crippen LogP contribution in [0, 0.1) is 11.8 Å². The molecule has 0 aromatic heterocycles. The van der Waals surface area contributed by atoms with E-state index in [1.165, 1.54) is 0 Å². The van der Waals surface area contributed by atoms with Crippen LogP contribution < -0.4 is 0 Å². The van der Waals surface area contributed by atoms with Crippen molar-refractivity contribution in [3.05, 3.63) is 35.9 Å². The van der Waals surface area contributed by atoms with E-state index in [4.69, 9.17) is 19.3 Å². The van der Waals surface area contributed by atoms with E-state index in [2.05, 4.69) is 0 Å². The van der Waals surface area contributed by atoms with Gasteiger partial charge in [0.1, 0.15) is 5.78 Å². The summed E-state index contributed by atoms with van der Waals surface area (Å²) in [4.78, 5) is 23.5. The van der Waals surface area contributed by atoms with Crippen LogP contribution in [-0.4, -0.2) is 42.5 Å². The van der Waals surface area contributed by atoms with Crippen LogP contribution in [0.15, 0.2) is 30.3 Å². The average Bonchev–Trinajstić information content (AvgIpc) is 2.91. The van der Waals surface area contributed by atoms with Crippen molar-refractivity contribution in [2.24, 2.45) is 11.8 Å². The third kappa shape index (κ3) is 5.13.